The van der Waals surface area contributed by atoms with Crippen LogP contribution in [0.25, 0.3) is 0 Å². The smallest absolute Gasteiger partial charge is 0.0827 e. The largest absolute Gasteiger partial charge is 0.388 e. The van der Waals surface area contributed by atoms with Crippen LogP contribution in [0.1, 0.15) is 44.3 Å². The van der Waals surface area contributed by atoms with Crippen molar-refractivity contribution in [2.24, 2.45) is 5.92 Å². The molecule has 1 aliphatic rings. The maximum atomic E-state index is 10.4. The Hall–Kier alpha value is -0.860. The molecule has 1 aliphatic heterocycles. The van der Waals surface area contributed by atoms with E-state index in [4.69, 9.17) is 0 Å². The molecule has 0 spiro atoms. The number of nitrogens with zero attached hydrogens (tertiary/aromatic N) is 1. The van der Waals surface area contributed by atoms with Gasteiger partial charge in [0.25, 0.3) is 0 Å². The summed E-state index contributed by atoms with van der Waals surface area (Å²) >= 11 is 0. The van der Waals surface area contributed by atoms with Crippen LogP contribution in [0.15, 0.2) is 30.3 Å². The van der Waals surface area contributed by atoms with Gasteiger partial charge in [-0.25, -0.2) is 0 Å². The van der Waals surface area contributed by atoms with Crippen LogP contribution in [0.3, 0.4) is 0 Å². The Morgan fingerprint density at radius 2 is 1.67 bits per heavy atom. The number of benzene rings is 1. The third-order valence-electron chi connectivity index (χ3n) is 3.92. The van der Waals surface area contributed by atoms with Gasteiger partial charge in [0.05, 0.1) is 6.10 Å². The van der Waals surface area contributed by atoms with Gasteiger partial charge in [0, 0.05) is 6.54 Å². The molecular weight excluding hydrogens is 222 g/mol. The summed E-state index contributed by atoms with van der Waals surface area (Å²) in [5.74, 6) is 0.297. The molecule has 2 unspecified atom stereocenters. The second-order valence-corrected chi connectivity index (χ2v) is 5.55. The lowest BCUT2D eigenvalue weighted by molar-refractivity contribution is 0.0891. The van der Waals surface area contributed by atoms with E-state index in [1.807, 2.05) is 30.3 Å². The van der Waals surface area contributed by atoms with Crippen molar-refractivity contribution in [2.75, 3.05) is 19.6 Å². The van der Waals surface area contributed by atoms with Crippen molar-refractivity contribution < 1.29 is 5.11 Å². The molecule has 0 aromatic heterocycles. The van der Waals surface area contributed by atoms with Gasteiger partial charge in [-0.05, 0) is 37.4 Å². The van der Waals surface area contributed by atoms with Crippen LogP contribution in [0.2, 0.25) is 0 Å². The van der Waals surface area contributed by atoms with Crippen LogP contribution >= 0.6 is 0 Å². The van der Waals surface area contributed by atoms with Gasteiger partial charge in [0.15, 0.2) is 0 Å². The van der Waals surface area contributed by atoms with E-state index in [1.165, 1.54) is 38.8 Å². The van der Waals surface area contributed by atoms with Gasteiger partial charge in [-0.2, -0.15) is 0 Å². The summed E-state index contributed by atoms with van der Waals surface area (Å²) < 4.78 is 0. The third kappa shape index (κ3) is 3.82. The molecule has 1 N–H and O–H groups in total. The zero-order chi connectivity index (χ0) is 12.8. The lowest BCUT2D eigenvalue weighted by Crippen LogP contribution is -2.31. The molecule has 1 aromatic rings. The molecule has 2 nitrogen and oxygen atoms in total. The number of hydrogen-bond donors (Lipinski definition) is 1. The summed E-state index contributed by atoms with van der Waals surface area (Å²) in [5, 5.41) is 10.4. The minimum absolute atomic E-state index is 0.297. The predicted molar refractivity (Wildman–Crippen MR) is 75.5 cm³/mol. The lowest BCUT2D eigenvalue weighted by Gasteiger charge is -2.27. The fourth-order valence-electron chi connectivity index (χ4n) is 2.80. The first-order chi connectivity index (χ1) is 8.77. The van der Waals surface area contributed by atoms with Gasteiger partial charge >= 0.3 is 0 Å². The predicted octanol–water partition coefficient (Wildman–Crippen LogP) is 3.23. The molecule has 1 aromatic carbocycles. The Morgan fingerprint density at radius 3 is 2.28 bits per heavy atom. The SMILES string of the molecule is CC(CN1CCCCCC1)C(O)c1ccccc1. The zero-order valence-electron chi connectivity index (χ0n) is 11.4. The van der Waals surface area contributed by atoms with Crippen LogP contribution < -0.4 is 0 Å². The highest BCUT2D eigenvalue weighted by Crippen LogP contribution is 2.23. The van der Waals surface area contributed by atoms with Gasteiger partial charge in [-0.3, -0.25) is 0 Å². The molecule has 1 saturated heterocycles. The standard InChI is InChI=1S/C16H25NO/c1-14(13-17-11-7-2-3-8-12-17)16(18)15-9-5-4-6-10-15/h4-6,9-10,14,16,18H,2-3,7-8,11-13H2,1H3. The minimum Gasteiger partial charge on any atom is -0.388 e. The molecular formula is C16H25NO. The van der Waals surface area contributed by atoms with Crippen LogP contribution in [0.5, 0.6) is 0 Å². The number of rotatable bonds is 4. The first-order valence-electron chi connectivity index (χ1n) is 7.23. The van der Waals surface area contributed by atoms with Crippen molar-refractivity contribution >= 4 is 0 Å². The van der Waals surface area contributed by atoms with Crippen molar-refractivity contribution in [3.63, 3.8) is 0 Å². The molecule has 0 amide bonds. The van der Waals surface area contributed by atoms with Gasteiger partial charge < -0.3 is 10.0 Å². The molecule has 0 bridgehead atoms. The number of hydrogen-bond acceptors (Lipinski definition) is 2. The van der Waals surface area contributed by atoms with E-state index in [0.717, 1.165) is 12.1 Å². The summed E-state index contributed by atoms with van der Waals surface area (Å²) in [5.41, 5.74) is 1.04. The molecule has 2 atom stereocenters. The van der Waals surface area contributed by atoms with Gasteiger partial charge in [0.1, 0.15) is 0 Å². The van der Waals surface area contributed by atoms with E-state index in [9.17, 15) is 5.11 Å². The second kappa shape index (κ2) is 6.91. The average Bonchev–Trinajstić information content (AvgIpc) is 2.67. The molecule has 18 heavy (non-hydrogen) atoms. The summed E-state index contributed by atoms with van der Waals surface area (Å²) in [7, 11) is 0. The van der Waals surface area contributed by atoms with Crippen LogP contribution in [-0.2, 0) is 0 Å². The quantitative estimate of drug-likeness (QED) is 0.883. The maximum absolute atomic E-state index is 10.4. The van der Waals surface area contributed by atoms with Crippen LogP contribution in [-0.4, -0.2) is 29.6 Å². The Morgan fingerprint density at radius 1 is 1.06 bits per heavy atom. The molecule has 2 rings (SSSR count). The molecule has 0 saturated carbocycles. The van der Waals surface area contributed by atoms with Crippen molar-refractivity contribution in [3.05, 3.63) is 35.9 Å². The monoisotopic (exact) mass is 247 g/mol. The maximum Gasteiger partial charge on any atom is 0.0827 e. The first-order valence-corrected chi connectivity index (χ1v) is 7.23. The zero-order valence-corrected chi connectivity index (χ0v) is 11.4. The van der Waals surface area contributed by atoms with Gasteiger partial charge in [0.2, 0.25) is 0 Å². The summed E-state index contributed by atoms with van der Waals surface area (Å²) in [6, 6.07) is 10.0. The highest BCUT2D eigenvalue weighted by atomic mass is 16.3. The van der Waals surface area contributed by atoms with Gasteiger partial charge in [-0.15, -0.1) is 0 Å². The minimum atomic E-state index is -0.338. The van der Waals surface area contributed by atoms with Crippen molar-refractivity contribution in [3.8, 4) is 0 Å². The van der Waals surface area contributed by atoms with E-state index in [-0.39, 0.29) is 6.10 Å². The lowest BCUT2D eigenvalue weighted by atomic mass is 9.97. The first kappa shape index (κ1) is 13.6. The molecule has 2 heteroatoms. The second-order valence-electron chi connectivity index (χ2n) is 5.55. The van der Waals surface area contributed by atoms with E-state index in [0.29, 0.717) is 5.92 Å². The van der Waals surface area contributed by atoms with Crippen LogP contribution in [0.4, 0.5) is 0 Å². The van der Waals surface area contributed by atoms with Crippen molar-refractivity contribution in [2.45, 2.75) is 38.7 Å². The Balaban J connectivity index is 1.88. The molecule has 1 heterocycles. The summed E-state index contributed by atoms with van der Waals surface area (Å²) in [6.07, 6.45) is 5.02. The van der Waals surface area contributed by atoms with Crippen molar-refractivity contribution in [1.82, 2.24) is 4.90 Å². The van der Waals surface area contributed by atoms with E-state index in [1.54, 1.807) is 0 Å². The highest BCUT2D eigenvalue weighted by molar-refractivity contribution is 5.17. The fourth-order valence-corrected chi connectivity index (χ4v) is 2.80. The Bertz CT molecular complexity index is 330. The molecule has 1 fully saturated rings. The Kier molecular flexibility index (Phi) is 5.21. The number of likely N-dealkylation sites (tertiary alicyclic amines) is 1. The van der Waals surface area contributed by atoms with E-state index >= 15 is 0 Å². The fraction of sp³-hybridized carbons (Fsp3) is 0.625. The topological polar surface area (TPSA) is 23.5 Å². The average molecular weight is 247 g/mol. The number of aliphatic hydroxyl groups excluding tert-OH is 1. The van der Waals surface area contributed by atoms with E-state index < -0.39 is 0 Å². The third-order valence-corrected chi connectivity index (χ3v) is 3.92. The molecule has 100 valence electrons. The Labute approximate surface area is 111 Å². The van der Waals surface area contributed by atoms with E-state index in [2.05, 4.69) is 11.8 Å². The summed E-state index contributed by atoms with van der Waals surface area (Å²) in [4.78, 5) is 2.52. The van der Waals surface area contributed by atoms with Crippen molar-refractivity contribution in [1.29, 1.82) is 0 Å². The molecule has 0 radical (unpaired) electrons. The normalized spacial score (nSPS) is 21.2. The number of aliphatic hydroxyl groups is 1. The molecule has 0 aliphatic carbocycles. The van der Waals surface area contributed by atoms with Gasteiger partial charge in [-0.1, -0.05) is 50.1 Å². The summed E-state index contributed by atoms with van der Waals surface area (Å²) in [6.45, 7) is 5.57. The highest BCUT2D eigenvalue weighted by Gasteiger charge is 2.19. The van der Waals surface area contributed by atoms with Crippen LogP contribution in [0, 0.1) is 5.92 Å².